The first-order chi connectivity index (χ1) is 18.9. The van der Waals surface area contributed by atoms with Crippen LogP contribution >= 0.6 is 0 Å². The molecule has 0 unspecified atom stereocenters. The van der Waals surface area contributed by atoms with Crippen molar-refractivity contribution in [2.45, 2.75) is 131 Å². The van der Waals surface area contributed by atoms with Crippen molar-refractivity contribution in [1.29, 1.82) is 0 Å². The van der Waals surface area contributed by atoms with Gasteiger partial charge in [-0.2, -0.15) is 0 Å². The van der Waals surface area contributed by atoms with Gasteiger partial charge in [0.2, 0.25) is 0 Å². The van der Waals surface area contributed by atoms with E-state index >= 15 is 0 Å². The number of hydrogen-bond donors (Lipinski definition) is 0. The van der Waals surface area contributed by atoms with E-state index < -0.39 is 55.7 Å². The topological polar surface area (TPSA) is 19.4 Å². The second-order valence-electron chi connectivity index (χ2n) is 17.6. The van der Waals surface area contributed by atoms with E-state index in [0.717, 1.165) is 0 Å². The molecule has 5 rings (SSSR count). The molecular weight excluding hydrogens is 762 g/mol. The van der Waals surface area contributed by atoms with Crippen LogP contribution in [0.5, 0.6) is 0 Å². The summed E-state index contributed by atoms with van der Waals surface area (Å²) >= 11 is -7.69. The Labute approximate surface area is 270 Å². The summed E-state index contributed by atoms with van der Waals surface area (Å²) in [5.74, 6) is 0. The van der Waals surface area contributed by atoms with Crippen LogP contribution in [0.3, 0.4) is 0 Å². The van der Waals surface area contributed by atoms with E-state index in [4.69, 9.17) is 0 Å². The first-order valence-electron chi connectivity index (χ1n) is 15.8. The second kappa shape index (κ2) is 9.71. The molecule has 0 amide bonds. The summed E-state index contributed by atoms with van der Waals surface area (Å²) < 4.78 is 19.2. The standard InChI is InChI=1S/2C10H24N2Si.2C6H5N.2Sn/c2*1-9(2,3)11-13(7,8)12-10(4,5)6;2*7-6-4-2-1-3-5-6;;/h2*1-8H3;2*1-5H;;/q2*-2;;;2*+2. The van der Waals surface area contributed by atoms with Gasteiger partial charge in [-0.1, -0.05) is 0 Å². The molecule has 0 aromatic heterocycles. The summed E-state index contributed by atoms with van der Waals surface area (Å²) in [5, 5.41) is 0. The van der Waals surface area contributed by atoms with Gasteiger partial charge in [0.15, 0.2) is 0 Å². The molecule has 232 valence electrons. The van der Waals surface area contributed by atoms with Crippen LogP contribution in [0.2, 0.25) is 26.2 Å². The van der Waals surface area contributed by atoms with E-state index in [2.05, 4.69) is 184 Å². The average molecular weight is 820 g/mol. The van der Waals surface area contributed by atoms with Crippen LogP contribution < -0.4 is 2.69 Å². The van der Waals surface area contributed by atoms with Crippen LogP contribution in [-0.2, 0) is 0 Å². The molecular formula is C32H58N6Si2Sn2. The third-order valence-corrected chi connectivity index (χ3v) is 90.4. The quantitative estimate of drug-likeness (QED) is 0.288. The molecule has 2 aromatic rings. The van der Waals surface area contributed by atoms with Gasteiger partial charge in [-0.05, 0) is 0 Å². The molecule has 0 N–H and O–H groups in total. The predicted molar refractivity (Wildman–Crippen MR) is 191 cm³/mol. The van der Waals surface area contributed by atoms with Crippen LogP contribution in [0.1, 0.15) is 83.1 Å². The third-order valence-electron chi connectivity index (χ3n) is 9.30. The first-order valence-corrected chi connectivity index (χ1v) is 31.8. The van der Waals surface area contributed by atoms with Gasteiger partial charge in [0.1, 0.15) is 0 Å². The molecule has 2 aromatic carbocycles. The minimum absolute atomic E-state index is 0.0664. The van der Waals surface area contributed by atoms with Crippen LogP contribution in [0.25, 0.3) is 0 Å². The maximum absolute atomic E-state index is 3.84. The van der Waals surface area contributed by atoms with Gasteiger partial charge in [0, 0.05) is 0 Å². The van der Waals surface area contributed by atoms with E-state index in [1.807, 2.05) is 0 Å². The van der Waals surface area contributed by atoms with Gasteiger partial charge in [-0.25, -0.2) is 0 Å². The zero-order valence-corrected chi connectivity index (χ0v) is 37.2. The summed E-state index contributed by atoms with van der Waals surface area (Å²) in [7, 11) is -3.95. The zero-order chi connectivity index (χ0) is 31.7. The summed E-state index contributed by atoms with van der Waals surface area (Å²) in [6, 6.07) is 23.3. The summed E-state index contributed by atoms with van der Waals surface area (Å²) in [6.45, 7) is 40.5. The Hall–Kier alpha value is -0.0888. The molecule has 0 saturated carbocycles. The Balaban J connectivity index is 1.99. The molecule has 6 nitrogen and oxygen atoms in total. The van der Waals surface area contributed by atoms with Crippen LogP contribution in [0.15, 0.2) is 60.7 Å². The zero-order valence-electron chi connectivity index (χ0n) is 29.5. The van der Waals surface area contributed by atoms with Crippen molar-refractivity contribution in [1.82, 2.24) is 11.1 Å². The van der Waals surface area contributed by atoms with Gasteiger partial charge in [-0.3, -0.25) is 0 Å². The molecule has 2 spiro atoms. The van der Waals surface area contributed by atoms with Crippen molar-refractivity contribution < 1.29 is 0 Å². The first kappa shape index (κ1) is 33.3. The monoisotopic (exact) mass is 822 g/mol. The molecule has 3 fully saturated rings. The van der Waals surface area contributed by atoms with Crippen molar-refractivity contribution in [3.63, 3.8) is 0 Å². The Morgan fingerprint density at radius 1 is 0.405 bits per heavy atom. The van der Waals surface area contributed by atoms with E-state index in [-0.39, 0.29) is 22.2 Å². The molecule has 3 saturated heterocycles. The summed E-state index contributed by atoms with van der Waals surface area (Å²) in [4.78, 5) is 0. The predicted octanol–water partition coefficient (Wildman–Crippen LogP) is 7.72. The Morgan fingerprint density at radius 3 is 0.810 bits per heavy atom. The molecule has 0 atom stereocenters. The summed E-state index contributed by atoms with van der Waals surface area (Å²) in [5.41, 5.74) is 3.18. The Morgan fingerprint density at radius 2 is 0.619 bits per heavy atom. The SMILES string of the molecule is CC(C)(C)[N]1[Si](C)(C)[N](C(C)(C)C)[Sn]12[N](c1ccccc1)[Sn]1([N](C(C)(C)C)[Si](C)(C)[N]1C(C)(C)C)[N]2c1ccccc1. The molecule has 42 heavy (non-hydrogen) atoms. The molecule has 10 heteroatoms. The molecule has 0 aliphatic carbocycles. The Bertz CT molecular complexity index is 1160. The fraction of sp³-hybridized carbons (Fsp3) is 0.625. The van der Waals surface area contributed by atoms with Crippen LogP contribution in [0, 0.1) is 0 Å². The third kappa shape index (κ3) is 4.20. The summed E-state index contributed by atoms with van der Waals surface area (Å²) in [6.07, 6.45) is 0. The van der Waals surface area contributed by atoms with Gasteiger partial charge in [0.05, 0.1) is 0 Å². The number of benzene rings is 2. The number of anilines is 2. The van der Waals surface area contributed by atoms with Crippen LogP contribution in [-0.4, -0.2) is 89.0 Å². The van der Waals surface area contributed by atoms with Gasteiger partial charge < -0.3 is 0 Å². The number of nitrogens with zero attached hydrogens (tertiary/aromatic N) is 6. The second-order valence-corrected chi connectivity index (χ2v) is 54.8. The van der Waals surface area contributed by atoms with Crippen molar-refractivity contribution in [3.8, 4) is 0 Å². The minimum atomic E-state index is -3.84. The molecule has 3 aliphatic heterocycles. The number of rotatable bonds is 2. The van der Waals surface area contributed by atoms with Crippen molar-refractivity contribution >= 4 is 67.1 Å². The van der Waals surface area contributed by atoms with E-state index in [0.29, 0.717) is 0 Å². The Kier molecular flexibility index (Phi) is 7.70. The van der Waals surface area contributed by atoms with Crippen molar-refractivity contribution in [2.24, 2.45) is 0 Å². The molecule has 3 aliphatic rings. The maximum atomic E-state index is 3.25. The van der Waals surface area contributed by atoms with Gasteiger partial charge in [-0.15, -0.1) is 0 Å². The number of para-hydroxylation sites is 2. The average Bonchev–Trinajstić information content (AvgIpc) is 2.74. The molecule has 0 bridgehead atoms. The van der Waals surface area contributed by atoms with E-state index in [9.17, 15) is 0 Å². The van der Waals surface area contributed by atoms with Crippen molar-refractivity contribution in [3.05, 3.63) is 60.7 Å². The molecule has 0 radical (unpaired) electrons. The van der Waals surface area contributed by atoms with Gasteiger partial charge in [0.25, 0.3) is 0 Å². The molecule has 3 heterocycles. The number of hydrogen-bond acceptors (Lipinski definition) is 6. The normalized spacial score (nSPS) is 24.5. The fourth-order valence-corrected chi connectivity index (χ4v) is 128. The van der Waals surface area contributed by atoms with Crippen molar-refractivity contribution in [2.75, 3.05) is 2.69 Å². The van der Waals surface area contributed by atoms with Gasteiger partial charge >= 0.3 is 273 Å². The fourth-order valence-electron chi connectivity index (χ4n) is 10.1. The van der Waals surface area contributed by atoms with E-state index in [1.165, 1.54) is 11.4 Å². The van der Waals surface area contributed by atoms with Crippen LogP contribution in [0.4, 0.5) is 11.4 Å². The van der Waals surface area contributed by atoms with E-state index in [1.54, 1.807) is 0 Å².